The lowest BCUT2D eigenvalue weighted by molar-refractivity contribution is 0.0499. The van der Waals surface area contributed by atoms with Crippen LogP contribution in [0.5, 0.6) is 5.75 Å². The first-order chi connectivity index (χ1) is 11.3. The molecule has 1 aromatic carbocycles. The van der Waals surface area contributed by atoms with Crippen molar-refractivity contribution in [2.24, 2.45) is 0 Å². The van der Waals surface area contributed by atoms with Crippen molar-refractivity contribution in [1.82, 2.24) is 5.32 Å². The van der Waals surface area contributed by atoms with Gasteiger partial charge in [-0.2, -0.15) is 0 Å². The first-order valence-corrected chi connectivity index (χ1v) is 11.4. The van der Waals surface area contributed by atoms with Gasteiger partial charge in [-0.15, -0.1) is 0 Å². The number of carbonyl (C=O) groups is 2. The summed E-state index contributed by atoms with van der Waals surface area (Å²) in [6, 6.07) is 6.97. The predicted molar refractivity (Wildman–Crippen MR) is 94.8 cm³/mol. The number of amides is 1. The number of nitrogens with one attached hydrogen (secondary N) is 1. The van der Waals surface area contributed by atoms with Crippen LogP contribution >= 0.6 is 0 Å². The summed E-state index contributed by atoms with van der Waals surface area (Å²) in [6.07, 6.45) is 1.97. The third kappa shape index (κ3) is 8.69. The van der Waals surface area contributed by atoms with E-state index in [-0.39, 0.29) is 5.97 Å². The predicted octanol–water partition coefficient (Wildman–Crippen LogP) is 3.32. The molecule has 134 valence electrons. The highest BCUT2D eigenvalue weighted by molar-refractivity contribution is 6.69. The van der Waals surface area contributed by atoms with Crippen LogP contribution in [0.1, 0.15) is 36.5 Å². The Kier molecular flexibility index (Phi) is 8.49. The molecule has 0 bridgehead atoms. The molecular weight excluding hydrogens is 326 g/mol. The topological polar surface area (TPSA) is 84.9 Å². The smallest absolute Gasteiger partial charge is 0.412 e. The summed E-state index contributed by atoms with van der Waals surface area (Å²) in [6.45, 7) is 6.61. The summed E-state index contributed by atoms with van der Waals surface area (Å²) in [5, 5.41) is 2.63. The molecule has 6 nitrogen and oxygen atoms in total. The lowest BCUT2D eigenvalue weighted by atomic mass is 10.2. The van der Waals surface area contributed by atoms with E-state index in [0.29, 0.717) is 30.9 Å². The molecule has 0 radical (unpaired) electrons. The molecule has 0 heterocycles. The van der Waals surface area contributed by atoms with Crippen molar-refractivity contribution in [1.29, 1.82) is 0 Å². The third-order valence-corrected chi connectivity index (χ3v) is 4.84. The minimum absolute atomic E-state index is 0.356. The lowest BCUT2D eigenvalue weighted by Crippen LogP contribution is -2.30. The maximum Gasteiger partial charge on any atom is 0.412 e. The maximum atomic E-state index is 11.7. The van der Waals surface area contributed by atoms with Gasteiger partial charge in [-0.1, -0.05) is 13.3 Å². The van der Waals surface area contributed by atoms with Crippen LogP contribution in [0.4, 0.5) is 4.79 Å². The number of rotatable bonds is 9. The minimum atomic E-state index is -2.07. The normalized spacial score (nSPS) is 11.0. The molecule has 1 amide bonds. The summed E-state index contributed by atoms with van der Waals surface area (Å²) in [5.41, 5.74) is 0.425. The zero-order valence-corrected chi connectivity index (χ0v) is 15.6. The van der Waals surface area contributed by atoms with Crippen LogP contribution in [0.2, 0.25) is 19.1 Å². The van der Waals surface area contributed by atoms with E-state index >= 15 is 0 Å². The van der Waals surface area contributed by atoms with Gasteiger partial charge in [0.25, 0.3) is 0 Å². The molecule has 1 aromatic rings. The van der Waals surface area contributed by atoms with Crippen LogP contribution in [0.3, 0.4) is 0 Å². The molecule has 0 saturated carbocycles. The highest BCUT2D eigenvalue weighted by atomic mass is 28.4. The number of benzene rings is 1. The number of esters is 1. The SMILES string of the molecule is CCCCOC(=O)c1ccc(OC(=O)NCCC[Si](C)(C)O)cc1. The Hall–Kier alpha value is -1.86. The zero-order valence-electron chi connectivity index (χ0n) is 14.6. The van der Waals surface area contributed by atoms with Gasteiger partial charge < -0.3 is 19.6 Å². The van der Waals surface area contributed by atoms with Gasteiger partial charge in [-0.3, -0.25) is 0 Å². The second-order valence-electron chi connectivity index (χ2n) is 6.25. The van der Waals surface area contributed by atoms with Gasteiger partial charge in [-0.25, -0.2) is 9.59 Å². The Bertz CT molecular complexity index is 525. The Labute approximate surface area is 144 Å². The van der Waals surface area contributed by atoms with Gasteiger partial charge >= 0.3 is 12.1 Å². The first kappa shape index (κ1) is 20.2. The third-order valence-electron chi connectivity index (χ3n) is 3.27. The van der Waals surface area contributed by atoms with Crippen molar-refractivity contribution >= 4 is 20.4 Å². The van der Waals surface area contributed by atoms with Crippen LogP contribution in [0, 0.1) is 0 Å². The Morgan fingerprint density at radius 2 is 1.83 bits per heavy atom. The average molecular weight is 353 g/mol. The summed E-state index contributed by atoms with van der Waals surface area (Å²) < 4.78 is 10.2. The van der Waals surface area contributed by atoms with E-state index in [1.807, 2.05) is 20.0 Å². The van der Waals surface area contributed by atoms with Crippen LogP contribution in [0.15, 0.2) is 24.3 Å². The number of hydrogen-bond acceptors (Lipinski definition) is 5. The molecule has 24 heavy (non-hydrogen) atoms. The molecule has 0 atom stereocenters. The largest absolute Gasteiger partial charge is 0.462 e. The fourth-order valence-corrected chi connectivity index (χ4v) is 2.95. The minimum Gasteiger partial charge on any atom is -0.462 e. The van der Waals surface area contributed by atoms with Gasteiger partial charge in [0, 0.05) is 6.54 Å². The van der Waals surface area contributed by atoms with E-state index in [1.54, 1.807) is 24.3 Å². The standard InChI is InChI=1S/C17H27NO5Si/c1-4-5-12-22-16(19)14-7-9-15(10-8-14)23-17(20)18-11-6-13-24(2,3)21/h7-10,21H,4-6,11-13H2,1-3H3,(H,18,20). The summed E-state index contributed by atoms with van der Waals surface area (Å²) in [5.74, 6) is -0.0234. The van der Waals surface area contributed by atoms with E-state index in [0.717, 1.165) is 18.9 Å². The quantitative estimate of drug-likeness (QED) is 0.404. The fourth-order valence-electron chi connectivity index (χ4n) is 1.91. The van der Waals surface area contributed by atoms with Crippen LogP contribution < -0.4 is 10.1 Å². The van der Waals surface area contributed by atoms with Crippen molar-refractivity contribution in [3.8, 4) is 5.75 Å². The van der Waals surface area contributed by atoms with E-state index in [2.05, 4.69) is 5.32 Å². The summed E-state index contributed by atoms with van der Waals surface area (Å²) in [7, 11) is -2.07. The Morgan fingerprint density at radius 3 is 2.42 bits per heavy atom. The fraction of sp³-hybridized carbons (Fsp3) is 0.529. The molecule has 2 N–H and O–H groups in total. The van der Waals surface area contributed by atoms with E-state index in [9.17, 15) is 14.4 Å². The maximum absolute atomic E-state index is 11.7. The van der Waals surface area contributed by atoms with Gasteiger partial charge in [0.15, 0.2) is 8.32 Å². The molecule has 0 aliphatic carbocycles. The number of unbranched alkanes of at least 4 members (excludes halogenated alkanes) is 1. The molecule has 0 aromatic heterocycles. The van der Waals surface area contributed by atoms with Crippen LogP contribution in [-0.2, 0) is 4.74 Å². The second kappa shape index (κ2) is 10.1. The van der Waals surface area contributed by atoms with Crippen molar-refractivity contribution in [3.05, 3.63) is 29.8 Å². The number of hydrogen-bond donors (Lipinski definition) is 2. The first-order valence-electron chi connectivity index (χ1n) is 8.27. The van der Waals surface area contributed by atoms with Gasteiger partial charge in [0.05, 0.1) is 12.2 Å². The molecule has 1 rings (SSSR count). The van der Waals surface area contributed by atoms with Gasteiger partial charge in [0.2, 0.25) is 0 Å². The van der Waals surface area contributed by atoms with Gasteiger partial charge in [-0.05, 0) is 56.2 Å². The van der Waals surface area contributed by atoms with E-state index in [4.69, 9.17) is 9.47 Å². The molecule has 0 fully saturated rings. The van der Waals surface area contributed by atoms with Crippen molar-refractivity contribution in [3.63, 3.8) is 0 Å². The van der Waals surface area contributed by atoms with E-state index < -0.39 is 14.4 Å². The summed E-state index contributed by atoms with van der Waals surface area (Å²) >= 11 is 0. The summed E-state index contributed by atoms with van der Waals surface area (Å²) in [4.78, 5) is 33.1. The van der Waals surface area contributed by atoms with E-state index in [1.165, 1.54) is 0 Å². The Balaban J connectivity index is 2.35. The molecule has 0 spiro atoms. The molecular formula is C17H27NO5Si. The highest BCUT2D eigenvalue weighted by Crippen LogP contribution is 2.13. The molecule has 0 aliphatic rings. The zero-order chi connectivity index (χ0) is 18.0. The molecule has 0 saturated heterocycles. The van der Waals surface area contributed by atoms with Gasteiger partial charge in [0.1, 0.15) is 5.75 Å². The van der Waals surface area contributed by atoms with Crippen LogP contribution in [-0.4, -0.2) is 38.3 Å². The highest BCUT2D eigenvalue weighted by Gasteiger charge is 2.16. The Morgan fingerprint density at radius 1 is 1.17 bits per heavy atom. The lowest BCUT2D eigenvalue weighted by Gasteiger charge is -2.13. The monoisotopic (exact) mass is 353 g/mol. The number of carbonyl (C=O) groups excluding carboxylic acids is 2. The molecule has 7 heteroatoms. The average Bonchev–Trinajstić information content (AvgIpc) is 2.51. The molecule has 0 aliphatic heterocycles. The van der Waals surface area contributed by atoms with Crippen LogP contribution in [0.25, 0.3) is 0 Å². The second-order valence-corrected chi connectivity index (χ2v) is 10.4. The van der Waals surface area contributed by atoms with Crippen molar-refractivity contribution in [2.75, 3.05) is 13.2 Å². The van der Waals surface area contributed by atoms with Crippen molar-refractivity contribution < 1.29 is 23.9 Å². The molecule has 0 unspecified atom stereocenters. The number of ether oxygens (including phenoxy) is 2. The van der Waals surface area contributed by atoms with Crippen molar-refractivity contribution in [2.45, 2.75) is 45.3 Å².